The standard InChI is InChI=1S/C16H15NO4/c1-11-3-8-16(12(2)9-11)21-10-15(18)13-4-6-14(7-5-13)17(19)20/h3-9H,10H2,1-2H3. The lowest BCUT2D eigenvalue weighted by Crippen LogP contribution is -2.12. The number of nitro benzene ring substituents is 1. The van der Waals surface area contributed by atoms with Crippen LogP contribution < -0.4 is 4.74 Å². The summed E-state index contributed by atoms with van der Waals surface area (Å²) in [6.07, 6.45) is 0. The van der Waals surface area contributed by atoms with Crippen molar-refractivity contribution in [1.29, 1.82) is 0 Å². The molecule has 2 aromatic carbocycles. The third-order valence-corrected chi connectivity index (χ3v) is 3.09. The number of non-ortho nitro benzene ring substituents is 1. The highest BCUT2D eigenvalue weighted by molar-refractivity contribution is 5.97. The maximum atomic E-state index is 12.0. The quantitative estimate of drug-likeness (QED) is 0.479. The molecule has 0 N–H and O–H groups in total. The molecule has 0 heterocycles. The molecule has 0 saturated heterocycles. The Morgan fingerprint density at radius 1 is 1.14 bits per heavy atom. The van der Waals surface area contributed by atoms with Crippen LogP contribution in [0.5, 0.6) is 5.75 Å². The van der Waals surface area contributed by atoms with Crippen LogP contribution in [-0.2, 0) is 0 Å². The number of ether oxygens (including phenoxy) is 1. The number of ketones is 1. The molecule has 0 spiro atoms. The molecule has 0 aliphatic carbocycles. The topological polar surface area (TPSA) is 69.4 Å². The van der Waals surface area contributed by atoms with Crippen LogP contribution in [0.15, 0.2) is 42.5 Å². The first-order valence-corrected chi connectivity index (χ1v) is 6.45. The van der Waals surface area contributed by atoms with E-state index in [-0.39, 0.29) is 18.1 Å². The van der Waals surface area contributed by atoms with Crippen LogP contribution in [0.1, 0.15) is 21.5 Å². The molecule has 2 rings (SSSR count). The smallest absolute Gasteiger partial charge is 0.269 e. The zero-order valence-electron chi connectivity index (χ0n) is 11.8. The van der Waals surface area contributed by atoms with Crippen molar-refractivity contribution in [3.8, 4) is 5.75 Å². The number of benzene rings is 2. The predicted octanol–water partition coefficient (Wildman–Crippen LogP) is 3.47. The zero-order valence-corrected chi connectivity index (χ0v) is 11.8. The third-order valence-electron chi connectivity index (χ3n) is 3.09. The van der Waals surface area contributed by atoms with Gasteiger partial charge in [0, 0.05) is 17.7 Å². The van der Waals surface area contributed by atoms with Crippen LogP contribution in [0.4, 0.5) is 5.69 Å². The first-order chi connectivity index (χ1) is 9.97. The van der Waals surface area contributed by atoms with Crippen LogP contribution >= 0.6 is 0 Å². The molecular formula is C16H15NO4. The molecule has 0 aliphatic heterocycles. The van der Waals surface area contributed by atoms with Crippen molar-refractivity contribution < 1.29 is 14.5 Å². The van der Waals surface area contributed by atoms with Crippen molar-refractivity contribution in [3.63, 3.8) is 0 Å². The maximum Gasteiger partial charge on any atom is 0.269 e. The van der Waals surface area contributed by atoms with Gasteiger partial charge in [0.2, 0.25) is 0 Å². The van der Waals surface area contributed by atoms with E-state index in [0.717, 1.165) is 11.1 Å². The van der Waals surface area contributed by atoms with Gasteiger partial charge in [0.1, 0.15) is 5.75 Å². The Balaban J connectivity index is 2.02. The summed E-state index contributed by atoms with van der Waals surface area (Å²) in [6, 6.07) is 11.2. The van der Waals surface area contributed by atoms with E-state index in [1.165, 1.54) is 24.3 Å². The fraction of sp³-hybridized carbons (Fsp3) is 0.188. The monoisotopic (exact) mass is 285 g/mol. The van der Waals surface area contributed by atoms with Crippen LogP contribution in [-0.4, -0.2) is 17.3 Å². The second kappa shape index (κ2) is 6.17. The number of Topliss-reactive ketones (excluding diaryl/α,β-unsaturated/α-hetero) is 1. The molecule has 0 amide bonds. The van der Waals surface area contributed by atoms with E-state index in [1.54, 1.807) is 0 Å². The molecule has 21 heavy (non-hydrogen) atoms. The van der Waals surface area contributed by atoms with E-state index >= 15 is 0 Å². The van der Waals surface area contributed by atoms with Crippen molar-refractivity contribution in [2.75, 3.05) is 6.61 Å². The molecule has 0 aliphatic rings. The minimum Gasteiger partial charge on any atom is -0.485 e. The Hall–Kier alpha value is -2.69. The number of rotatable bonds is 5. The van der Waals surface area contributed by atoms with Gasteiger partial charge in [-0.15, -0.1) is 0 Å². The van der Waals surface area contributed by atoms with Crippen molar-refractivity contribution in [2.45, 2.75) is 13.8 Å². The lowest BCUT2D eigenvalue weighted by Gasteiger charge is -2.09. The van der Waals surface area contributed by atoms with Gasteiger partial charge in [-0.25, -0.2) is 0 Å². The first kappa shape index (κ1) is 14.7. The molecule has 0 unspecified atom stereocenters. The van der Waals surface area contributed by atoms with Crippen molar-refractivity contribution in [3.05, 3.63) is 69.3 Å². The summed E-state index contributed by atoms with van der Waals surface area (Å²) in [4.78, 5) is 22.0. The molecule has 0 saturated carbocycles. The summed E-state index contributed by atoms with van der Waals surface area (Å²) in [5, 5.41) is 10.6. The van der Waals surface area contributed by atoms with E-state index in [2.05, 4.69) is 0 Å². The Morgan fingerprint density at radius 3 is 2.38 bits per heavy atom. The SMILES string of the molecule is Cc1ccc(OCC(=O)c2ccc([N+](=O)[O-])cc2)c(C)c1. The summed E-state index contributed by atoms with van der Waals surface area (Å²) < 4.78 is 5.50. The summed E-state index contributed by atoms with van der Waals surface area (Å²) >= 11 is 0. The van der Waals surface area contributed by atoms with E-state index < -0.39 is 4.92 Å². The number of carbonyl (C=O) groups is 1. The van der Waals surface area contributed by atoms with Gasteiger partial charge < -0.3 is 4.74 Å². The molecular weight excluding hydrogens is 270 g/mol. The Morgan fingerprint density at radius 2 is 1.81 bits per heavy atom. The number of carbonyl (C=O) groups excluding carboxylic acids is 1. The molecule has 0 bridgehead atoms. The van der Waals surface area contributed by atoms with Gasteiger partial charge in [-0.1, -0.05) is 17.7 Å². The number of hydrogen-bond donors (Lipinski definition) is 0. The average Bonchev–Trinajstić information content (AvgIpc) is 2.46. The van der Waals surface area contributed by atoms with Crippen LogP contribution in [0, 0.1) is 24.0 Å². The van der Waals surface area contributed by atoms with Gasteiger partial charge in [0.15, 0.2) is 12.4 Å². The molecule has 0 radical (unpaired) electrons. The summed E-state index contributed by atoms with van der Waals surface area (Å²) in [6.45, 7) is 3.80. The highest BCUT2D eigenvalue weighted by atomic mass is 16.6. The minimum absolute atomic E-state index is 0.0400. The molecule has 5 heteroatoms. The Labute approximate surface area is 122 Å². The van der Waals surface area contributed by atoms with Crippen molar-refractivity contribution in [1.82, 2.24) is 0 Å². The van der Waals surface area contributed by atoms with E-state index in [9.17, 15) is 14.9 Å². The fourth-order valence-electron chi connectivity index (χ4n) is 1.96. The number of nitro groups is 1. The zero-order chi connectivity index (χ0) is 15.4. The Bertz CT molecular complexity index is 677. The number of nitrogens with zero attached hydrogens (tertiary/aromatic N) is 1. The van der Waals surface area contributed by atoms with Gasteiger partial charge in [0.25, 0.3) is 5.69 Å². The second-order valence-electron chi connectivity index (χ2n) is 4.78. The first-order valence-electron chi connectivity index (χ1n) is 6.45. The third kappa shape index (κ3) is 3.66. The summed E-state index contributed by atoms with van der Waals surface area (Å²) in [5.74, 6) is 0.445. The lowest BCUT2D eigenvalue weighted by atomic mass is 10.1. The van der Waals surface area contributed by atoms with E-state index in [4.69, 9.17) is 4.74 Å². The largest absolute Gasteiger partial charge is 0.485 e. The van der Waals surface area contributed by atoms with Gasteiger partial charge in [-0.05, 0) is 37.6 Å². The molecule has 0 atom stereocenters. The van der Waals surface area contributed by atoms with Crippen LogP contribution in [0.3, 0.4) is 0 Å². The fourth-order valence-corrected chi connectivity index (χ4v) is 1.96. The second-order valence-corrected chi connectivity index (χ2v) is 4.78. The van der Waals surface area contributed by atoms with E-state index in [0.29, 0.717) is 11.3 Å². The van der Waals surface area contributed by atoms with Gasteiger partial charge in [0.05, 0.1) is 4.92 Å². The minimum atomic E-state index is -0.500. The Kier molecular flexibility index (Phi) is 4.33. The maximum absolute atomic E-state index is 12.0. The predicted molar refractivity (Wildman–Crippen MR) is 78.8 cm³/mol. The van der Waals surface area contributed by atoms with Crippen molar-refractivity contribution >= 4 is 11.5 Å². The van der Waals surface area contributed by atoms with Gasteiger partial charge in [-0.3, -0.25) is 14.9 Å². The van der Waals surface area contributed by atoms with Crippen LogP contribution in [0.2, 0.25) is 0 Å². The van der Waals surface area contributed by atoms with E-state index in [1.807, 2.05) is 32.0 Å². The highest BCUT2D eigenvalue weighted by Gasteiger charge is 2.10. The molecule has 0 fully saturated rings. The molecule has 0 aromatic heterocycles. The summed E-state index contributed by atoms with van der Waals surface area (Å²) in [7, 11) is 0. The average molecular weight is 285 g/mol. The number of hydrogen-bond acceptors (Lipinski definition) is 4. The van der Waals surface area contributed by atoms with Crippen molar-refractivity contribution in [2.24, 2.45) is 0 Å². The highest BCUT2D eigenvalue weighted by Crippen LogP contribution is 2.19. The molecule has 5 nitrogen and oxygen atoms in total. The van der Waals surface area contributed by atoms with Gasteiger partial charge in [-0.2, -0.15) is 0 Å². The van der Waals surface area contributed by atoms with Crippen LogP contribution in [0.25, 0.3) is 0 Å². The lowest BCUT2D eigenvalue weighted by molar-refractivity contribution is -0.384. The summed E-state index contributed by atoms with van der Waals surface area (Å²) in [5.41, 5.74) is 2.44. The molecule has 108 valence electrons. The molecule has 2 aromatic rings. The van der Waals surface area contributed by atoms with Gasteiger partial charge >= 0.3 is 0 Å². The number of aryl methyl sites for hydroxylation is 2. The normalized spacial score (nSPS) is 10.2.